The maximum Gasteiger partial charge on any atom is 0.253 e. The van der Waals surface area contributed by atoms with Crippen LogP contribution in [0.4, 0.5) is 5.69 Å². The molecule has 3 N–H and O–H groups in total. The average Bonchev–Trinajstić information content (AvgIpc) is 2.30. The van der Waals surface area contributed by atoms with Gasteiger partial charge in [0.15, 0.2) is 0 Å². The molecule has 6 heteroatoms. The predicted octanol–water partition coefficient (Wildman–Crippen LogP) is 2.73. The summed E-state index contributed by atoms with van der Waals surface area (Å²) in [4.78, 5) is 12.0. The molecule has 0 aliphatic carbocycles. The van der Waals surface area contributed by atoms with Gasteiger partial charge in [-0.1, -0.05) is 23.2 Å². The molecule has 1 atom stereocenters. The number of ether oxygens (including phenoxy) is 1. The Labute approximate surface area is 116 Å². The van der Waals surface area contributed by atoms with Gasteiger partial charge in [0, 0.05) is 25.4 Å². The van der Waals surface area contributed by atoms with Crippen LogP contribution in [0.2, 0.25) is 10.0 Å². The Morgan fingerprint density at radius 2 is 2.17 bits per heavy atom. The lowest BCUT2D eigenvalue weighted by Crippen LogP contribution is -2.33. The zero-order valence-electron chi connectivity index (χ0n) is 10.3. The molecule has 0 fully saturated rings. The number of nitrogen functional groups attached to an aromatic ring is 1. The molecule has 0 aliphatic heterocycles. The molecule has 0 heterocycles. The molecule has 1 aromatic carbocycles. The van der Waals surface area contributed by atoms with Gasteiger partial charge in [-0.2, -0.15) is 0 Å². The molecule has 100 valence electrons. The first-order chi connectivity index (χ1) is 8.45. The number of benzene rings is 1. The summed E-state index contributed by atoms with van der Waals surface area (Å²) in [6, 6.07) is 3.00. The number of nitrogens with one attached hydrogen (secondary N) is 1. The summed E-state index contributed by atoms with van der Waals surface area (Å²) >= 11 is 11.8. The van der Waals surface area contributed by atoms with Crippen LogP contribution in [-0.4, -0.2) is 25.7 Å². The Balaban J connectivity index is 2.78. The highest BCUT2D eigenvalue weighted by atomic mass is 35.5. The van der Waals surface area contributed by atoms with Crippen LogP contribution < -0.4 is 11.1 Å². The molecule has 1 unspecified atom stereocenters. The summed E-state index contributed by atoms with van der Waals surface area (Å²) in [5.74, 6) is -0.294. The summed E-state index contributed by atoms with van der Waals surface area (Å²) in [6.45, 7) is 2.46. The molecule has 18 heavy (non-hydrogen) atoms. The number of carbonyl (C=O) groups is 1. The number of hydrogen-bond donors (Lipinski definition) is 2. The van der Waals surface area contributed by atoms with Crippen LogP contribution in [0.15, 0.2) is 12.1 Å². The average molecular weight is 291 g/mol. The van der Waals surface area contributed by atoms with Gasteiger partial charge in [0.05, 0.1) is 15.6 Å². The van der Waals surface area contributed by atoms with Gasteiger partial charge in [0.25, 0.3) is 5.91 Å². The van der Waals surface area contributed by atoms with E-state index in [2.05, 4.69) is 5.32 Å². The third-order valence-electron chi connectivity index (χ3n) is 2.43. The second-order valence-electron chi connectivity index (χ2n) is 4.02. The normalized spacial score (nSPS) is 12.2. The highest BCUT2D eigenvalue weighted by molar-refractivity contribution is 6.44. The van der Waals surface area contributed by atoms with Crippen molar-refractivity contribution in [3.8, 4) is 0 Å². The summed E-state index contributed by atoms with van der Waals surface area (Å²) in [5.41, 5.74) is 6.32. The van der Waals surface area contributed by atoms with Gasteiger partial charge in [-0.05, 0) is 25.5 Å². The topological polar surface area (TPSA) is 64.3 Å². The number of anilines is 1. The summed E-state index contributed by atoms with van der Waals surface area (Å²) < 4.78 is 4.94. The van der Waals surface area contributed by atoms with Crippen molar-refractivity contribution >= 4 is 34.8 Å². The van der Waals surface area contributed by atoms with Crippen LogP contribution in [0.3, 0.4) is 0 Å². The van der Waals surface area contributed by atoms with E-state index in [-0.39, 0.29) is 27.6 Å². The Kier molecular flexibility index (Phi) is 5.72. The Bertz CT molecular complexity index is 438. The van der Waals surface area contributed by atoms with E-state index in [4.69, 9.17) is 33.7 Å². The van der Waals surface area contributed by atoms with E-state index in [0.29, 0.717) is 12.3 Å². The SMILES string of the molecule is COCCC(C)NC(=O)c1cc(N)cc(Cl)c1Cl. The number of carbonyl (C=O) groups excluding carboxylic acids is 1. The smallest absolute Gasteiger partial charge is 0.253 e. The second kappa shape index (κ2) is 6.83. The van der Waals surface area contributed by atoms with Gasteiger partial charge in [-0.15, -0.1) is 0 Å². The number of amides is 1. The molecular formula is C12H16Cl2N2O2. The van der Waals surface area contributed by atoms with Crippen molar-refractivity contribution in [3.63, 3.8) is 0 Å². The first kappa shape index (κ1) is 15.1. The minimum absolute atomic E-state index is 0.0197. The van der Waals surface area contributed by atoms with E-state index in [0.717, 1.165) is 6.42 Å². The van der Waals surface area contributed by atoms with Crippen LogP contribution in [0, 0.1) is 0 Å². The zero-order valence-corrected chi connectivity index (χ0v) is 11.8. The van der Waals surface area contributed by atoms with Gasteiger partial charge < -0.3 is 15.8 Å². The van der Waals surface area contributed by atoms with Gasteiger partial charge in [0.1, 0.15) is 0 Å². The van der Waals surface area contributed by atoms with Crippen molar-refractivity contribution in [2.45, 2.75) is 19.4 Å². The molecule has 0 saturated heterocycles. The molecule has 0 radical (unpaired) electrons. The van der Waals surface area contributed by atoms with E-state index >= 15 is 0 Å². The van der Waals surface area contributed by atoms with Crippen molar-refractivity contribution in [2.24, 2.45) is 0 Å². The van der Waals surface area contributed by atoms with E-state index in [1.54, 1.807) is 7.11 Å². The molecule has 0 saturated carbocycles. The number of methoxy groups -OCH3 is 1. The standard InChI is InChI=1S/C12H16Cl2N2O2/c1-7(3-4-18-2)16-12(17)9-5-8(15)6-10(13)11(9)14/h5-7H,3-4,15H2,1-2H3,(H,16,17). The number of rotatable bonds is 5. The van der Waals surface area contributed by atoms with Gasteiger partial charge in [-0.25, -0.2) is 0 Å². The molecule has 1 rings (SSSR count). The zero-order chi connectivity index (χ0) is 13.7. The number of halogens is 2. The lowest BCUT2D eigenvalue weighted by atomic mass is 10.1. The maximum absolute atomic E-state index is 12.0. The Hall–Kier alpha value is -0.970. The molecule has 0 aromatic heterocycles. The molecule has 1 aromatic rings. The fourth-order valence-corrected chi connectivity index (χ4v) is 1.87. The predicted molar refractivity (Wildman–Crippen MR) is 74.3 cm³/mol. The van der Waals surface area contributed by atoms with Gasteiger partial charge >= 0.3 is 0 Å². The Morgan fingerprint density at radius 1 is 1.50 bits per heavy atom. The minimum atomic E-state index is -0.294. The minimum Gasteiger partial charge on any atom is -0.399 e. The quantitative estimate of drug-likeness (QED) is 0.820. The first-order valence-corrected chi connectivity index (χ1v) is 6.25. The van der Waals surface area contributed by atoms with Crippen LogP contribution >= 0.6 is 23.2 Å². The summed E-state index contributed by atoms with van der Waals surface area (Å²) in [6.07, 6.45) is 0.718. The van der Waals surface area contributed by atoms with E-state index in [1.165, 1.54) is 12.1 Å². The molecule has 1 amide bonds. The molecular weight excluding hydrogens is 275 g/mol. The summed E-state index contributed by atoms with van der Waals surface area (Å²) in [7, 11) is 1.61. The van der Waals surface area contributed by atoms with E-state index in [9.17, 15) is 4.79 Å². The van der Waals surface area contributed by atoms with E-state index in [1.807, 2.05) is 6.92 Å². The van der Waals surface area contributed by atoms with Crippen LogP contribution in [0.5, 0.6) is 0 Å². The van der Waals surface area contributed by atoms with Crippen LogP contribution in [-0.2, 0) is 4.74 Å². The molecule has 0 bridgehead atoms. The van der Waals surface area contributed by atoms with Crippen molar-refractivity contribution in [3.05, 3.63) is 27.7 Å². The monoisotopic (exact) mass is 290 g/mol. The van der Waals surface area contributed by atoms with E-state index < -0.39 is 0 Å². The molecule has 0 aliphatic rings. The van der Waals surface area contributed by atoms with Crippen LogP contribution in [0.1, 0.15) is 23.7 Å². The molecule has 4 nitrogen and oxygen atoms in total. The largest absolute Gasteiger partial charge is 0.399 e. The fourth-order valence-electron chi connectivity index (χ4n) is 1.44. The third kappa shape index (κ3) is 4.05. The van der Waals surface area contributed by atoms with Crippen molar-refractivity contribution in [1.82, 2.24) is 5.32 Å². The number of hydrogen-bond acceptors (Lipinski definition) is 3. The lowest BCUT2D eigenvalue weighted by Gasteiger charge is -2.14. The van der Waals surface area contributed by atoms with Gasteiger partial charge in [-0.3, -0.25) is 4.79 Å². The highest BCUT2D eigenvalue weighted by Crippen LogP contribution is 2.28. The first-order valence-electron chi connectivity index (χ1n) is 5.50. The lowest BCUT2D eigenvalue weighted by molar-refractivity contribution is 0.0930. The van der Waals surface area contributed by atoms with Crippen molar-refractivity contribution < 1.29 is 9.53 Å². The highest BCUT2D eigenvalue weighted by Gasteiger charge is 2.15. The summed E-state index contributed by atoms with van der Waals surface area (Å²) in [5, 5.41) is 3.29. The van der Waals surface area contributed by atoms with Gasteiger partial charge in [0.2, 0.25) is 0 Å². The third-order valence-corrected chi connectivity index (χ3v) is 3.23. The fraction of sp³-hybridized carbons (Fsp3) is 0.417. The van der Waals surface area contributed by atoms with Crippen molar-refractivity contribution in [2.75, 3.05) is 19.5 Å². The Morgan fingerprint density at radius 3 is 2.78 bits per heavy atom. The number of nitrogens with two attached hydrogens (primary N) is 1. The molecule has 0 spiro atoms. The maximum atomic E-state index is 12.0. The van der Waals surface area contributed by atoms with Crippen LogP contribution in [0.25, 0.3) is 0 Å². The van der Waals surface area contributed by atoms with Crippen molar-refractivity contribution in [1.29, 1.82) is 0 Å². The second-order valence-corrected chi connectivity index (χ2v) is 4.81.